The van der Waals surface area contributed by atoms with Crippen molar-refractivity contribution in [3.05, 3.63) is 59.9 Å². The van der Waals surface area contributed by atoms with Gasteiger partial charge in [-0.2, -0.15) is 0 Å². The first kappa shape index (κ1) is 58.3. The quantitative estimate of drug-likeness (QED) is 0.227. The summed E-state index contributed by atoms with van der Waals surface area (Å²) in [5, 5.41) is 3.10. The van der Waals surface area contributed by atoms with Gasteiger partial charge in [0.1, 0.15) is 30.4 Å². The molecule has 62 heavy (non-hydrogen) atoms. The predicted octanol–water partition coefficient (Wildman–Crippen LogP) is 13.8. The first-order valence-electron chi connectivity index (χ1n) is 22.8. The van der Waals surface area contributed by atoms with E-state index in [-0.39, 0.29) is 30.1 Å². The van der Waals surface area contributed by atoms with E-state index in [9.17, 15) is 9.59 Å². The molecule has 0 bridgehead atoms. The molecular formula is C54H94N2O6. The summed E-state index contributed by atoms with van der Waals surface area (Å²) in [6.45, 7) is 44.7. The van der Waals surface area contributed by atoms with Crippen LogP contribution in [0.15, 0.2) is 48.8 Å². The Kier molecular flexibility index (Phi) is 23.5. The van der Waals surface area contributed by atoms with Gasteiger partial charge >= 0.3 is 0 Å². The number of fused-ring (bicyclic) bond motifs is 1. The number of amides is 1. The number of carbonyl (C=O) groups excluding carboxylic acids is 2. The van der Waals surface area contributed by atoms with Crippen LogP contribution in [0.4, 0.5) is 0 Å². The minimum atomic E-state index is -0.498. The van der Waals surface area contributed by atoms with Crippen LogP contribution in [0.3, 0.4) is 0 Å². The Morgan fingerprint density at radius 1 is 0.758 bits per heavy atom. The molecule has 2 heterocycles. The van der Waals surface area contributed by atoms with Crippen LogP contribution >= 0.6 is 0 Å². The summed E-state index contributed by atoms with van der Waals surface area (Å²) in [4.78, 5) is 26.0. The van der Waals surface area contributed by atoms with E-state index in [1.54, 1.807) is 19.1 Å². The highest BCUT2D eigenvalue weighted by atomic mass is 16.6. The topological polar surface area (TPSA) is 86.3 Å². The molecule has 1 amide bonds. The first-order valence-corrected chi connectivity index (χ1v) is 22.8. The minimum absolute atomic E-state index is 0. The second kappa shape index (κ2) is 25.0. The van der Waals surface area contributed by atoms with Crippen molar-refractivity contribution in [2.75, 3.05) is 34.0 Å². The van der Waals surface area contributed by atoms with Crippen molar-refractivity contribution in [1.29, 1.82) is 0 Å². The second-order valence-corrected chi connectivity index (χ2v) is 22.6. The molecule has 0 saturated carbocycles. The summed E-state index contributed by atoms with van der Waals surface area (Å²) >= 11 is 0. The highest BCUT2D eigenvalue weighted by molar-refractivity contribution is 5.90. The summed E-state index contributed by atoms with van der Waals surface area (Å²) < 4.78 is 21.5. The zero-order valence-corrected chi connectivity index (χ0v) is 42.7. The van der Waals surface area contributed by atoms with Gasteiger partial charge in [0.15, 0.2) is 23.0 Å². The molecule has 1 fully saturated rings. The molecule has 2 aliphatic rings. The van der Waals surface area contributed by atoms with Crippen LogP contribution in [0.2, 0.25) is 0 Å². The Hall–Kier alpha value is -3.68. The molecule has 1 N–H and O–H groups in total. The third-order valence-corrected chi connectivity index (χ3v) is 10.7. The molecule has 1 saturated heterocycles. The lowest BCUT2D eigenvalue weighted by Crippen LogP contribution is -2.41. The molecule has 2 aromatic carbocycles. The summed E-state index contributed by atoms with van der Waals surface area (Å²) in [5.74, 6) is 5.96. The molecule has 356 valence electrons. The van der Waals surface area contributed by atoms with Gasteiger partial charge in [0.05, 0.1) is 14.2 Å². The summed E-state index contributed by atoms with van der Waals surface area (Å²) in [6, 6.07) is 12.4. The molecule has 8 heteroatoms. The Bertz CT molecular complexity index is 1660. The zero-order chi connectivity index (χ0) is 47.1. The van der Waals surface area contributed by atoms with Crippen LogP contribution in [0, 0.1) is 39.4 Å². The number of rotatable bonds is 12. The fraction of sp³-hybridized carbons (Fsp3) is 0.704. The lowest BCUT2D eigenvalue weighted by atomic mass is 9.74. The summed E-state index contributed by atoms with van der Waals surface area (Å²) in [6.07, 6.45) is 6.22. The molecule has 0 spiro atoms. The van der Waals surface area contributed by atoms with Crippen molar-refractivity contribution in [3.8, 4) is 23.0 Å². The highest BCUT2D eigenvalue weighted by Crippen LogP contribution is 2.34. The van der Waals surface area contributed by atoms with Gasteiger partial charge in [-0.15, -0.1) is 0 Å². The molecule has 0 aromatic heterocycles. The molecule has 0 aliphatic carbocycles. The third kappa shape index (κ3) is 21.6. The number of ketones is 1. The number of nitrogens with one attached hydrogen (secondary N) is 1. The molecule has 0 radical (unpaired) electrons. The van der Waals surface area contributed by atoms with Crippen molar-refractivity contribution in [1.82, 2.24) is 10.2 Å². The minimum Gasteiger partial charge on any atom is -0.493 e. The van der Waals surface area contributed by atoms with Gasteiger partial charge in [-0.05, 0) is 102 Å². The van der Waals surface area contributed by atoms with Gasteiger partial charge in [-0.3, -0.25) is 14.5 Å². The fourth-order valence-corrected chi connectivity index (χ4v) is 7.29. The average molecular weight is 867 g/mol. The Labute approximate surface area is 381 Å². The van der Waals surface area contributed by atoms with E-state index in [0.717, 1.165) is 54.5 Å². The predicted molar refractivity (Wildman–Crippen MR) is 264 cm³/mol. The van der Waals surface area contributed by atoms with Crippen molar-refractivity contribution < 1.29 is 28.5 Å². The van der Waals surface area contributed by atoms with Crippen LogP contribution in [-0.4, -0.2) is 56.1 Å². The fourth-order valence-electron chi connectivity index (χ4n) is 7.29. The van der Waals surface area contributed by atoms with E-state index >= 15 is 0 Å². The van der Waals surface area contributed by atoms with Crippen LogP contribution in [0.1, 0.15) is 169 Å². The number of ether oxygens (including phenoxy) is 4. The molecule has 2 aliphatic heterocycles. The number of aryl methyl sites for hydroxylation is 1. The Morgan fingerprint density at radius 2 is 1.27 bits per heavy atom. The van der Waals surface area contributed by atoms with E-state index in [0.29, 0.717) is 54.6 Å². The summed E-state index contributed by atoms with van der Waals surface area (Å²) in [5.41, 5.74) is 3.01. The SMILES string of the molecule is C.C=C1NC(C)(C)C(=O)N1CC(C)(C)C.CC(C)(C)Cc1ccc2c(c1)OCCO2.CCC(C)C(C(=O)CC(C)(C)C)C(C)CC.COc1ccc(CCC(C)(C)C)cc1OC. The van der Waals surface area contributed by atoms with Gasteiger partial charge < -0.3 is 24.3 Å². The Morgan fingerprint density at radius 3 is 1.69 bits per heavy atom. The lowest BCUT2D eigenvalue weighted by molar-refractivity contribution is -0.131. The molecule has 2 atom stereocenters. The number of hydrogen-bond donors (Lipinski definition) is 1. The molecule has 2 unspecified atom stereocenters. The molecule has 2 aromatic rings. The number of carbonyl (C=O) groups is 2. The Balaban J connectivity index is 0.000000797. The standard InChI is InChI=1S/C15H30O.C14H22O2.C13H18O2.C11H20N2O.CH4/c1-8-11(3)14(12(4)9-2)13(16)10-15(5,6)7;1-14(2,3)9-8-11-6-7-12(15-4)13(10-11)16-5;1-13(2,3)9-10-4-5-11-12(8-10)15-7-6-14-11;1-8-12-11(5,6)9(14)13(8)7-10(2,3)4;/h11-12,14H,8-10H2,1-7H3;6-7,10H,8-9H2,1-5H3;4-5,8H,6-7,9H2,1-3H3;12H,1,7H2,2-6H3;1H4. The van der Waals surface area contributed by atoms with Crippen molar-refractivity contribution >= 4 is 11.7 Å². The van der Waals surface area contributed by atoms with E-state index in [1.807, 2.05) is 26.0 Å². The monoisotopic (exact) mass is 867 g/mol. The number of benzene rings is 2. The second-order valence-electron chi connectivity index (χ2n) is 22.6. The smallest absolute Gasteiger partial charge is 0.253 e. The highest BCUT2D eigenvalue weighted by Gasteiger charge is 2.42. The van der Waals surface area contributed by atoms with Crippen LogP contribution in [0.5, 0.6) is 23.0 Å². The normalized spacial score (nSPS) is 16.0. The third-order valence-electron chi connectivity index (χ3n) is 10.7. The van der Waals surface area contributed by atoms with E-state index < -0.39 is 5.54 Å². The molecular weight excluding hydrogens is 773 g/mol. The van der Waals surface area contributed by atoms with Gasteiger partial charge in [-0.1, -0.05) is 150 Å². The molecule has 8 nitrogen and oxygen atoms in total. The van der Waals surface area contributed by atoms with Crippen LogP contribution in [-0.2, 0) is 22.4 Å². The number of Topliss-reactive ketones (excluding diaryl/α,β-unsaturated/α-hetero) is 1. The first-order chi connectivity index (χ1) is 27.9. The zero-order valence-electron chi connectivity index (χ0n) is 42.7. The lowest BCUT2D eigenvalue weighted by Gasteiger charge is -2.30. The van der Waals surface area contributed by atoms with Gasteiger partial charge in [0, 0.05) is 18.9 Å². The maximum atomic E-state index is 12.4. The maximum absolute atomic E-state index is 12.4. The van der Waals surface area contributed by atoms with Gasteiger partial charge in [0.2, 0.25) is 0 Å². The van der Waals surface area contributed by atoms with Crippen molar-refractivity contribution in [3.63, 3.8) is 0 Å². The largest absolute Gasteiger partial charge is 0.493 e. The maximum Gasteiger partial charge on any atom is 0.253 e. The average Bonchev–Trinajstić information content (AvgIpc) is 3.32. The number of hydrogen-bond acceptors (Lipinski definition) is 7. The number of nitrogens with zero attached hydrogens (tertiary/aromatic N) is 1. The van der Waals surface area contributed by atoms with Gasteiger partial charge in [0.25, 0.3) is 5.91 Å². The van der Waals surface area contributed by atoms with Crippen LogP contribution < -0.4 is 24.3 Å². The van der Waals surface area contributed by atoms with Crippen molar-refractivity contribution in [2.45, 2.75) is 176 Å². The van der Waals surface area contributed by atoms with E-state index in [4.69, 9.17) is 18.9 Å². The van der Waals surface area contributed by atoms with E-state index in [1.165, 1.54) is 17.5 Å². The number of methoxy groups -OCH3 is 2. The van der Waals surface area contributed by atoms with Crippen LogP contribution in [0.25, 0.3) is 0 Å². The van der Waals surface area contributed by atoms with Gasteiger partial charge in [-0.25, -0.2) is 0 Å². The summed E-state index contributed by atoms with van der Waals surface area (Å²) in [7, 11) is 3.33. The molecule has 4 rings (SSSR count). The van der Waals surface area contributed by atoms with E-state index in [2.05, 4.69) is 147 Å². The van der Waals surface area contributed by atoms with Crippen molar-refractivity contribution in [2.24, 2.45) is 39.4 Å².